The standard InChI is InChI=1S/C9H9IO3/c1-13-9(12)8(11)6-4-2-3-5-7(6)10/h2-5,8,11H,1H3. The normalized spacial score (nSPS) is 12.2. The Morgan fingerprint density at radius 3 is 2.69 bits per heavy atom. The van der Waals surface area contributed by atoms with Crippen molar-refractivity contribution in [1.82, 2.24) is 0 Å². The van der Waals surface area contributed by atoms with E-state index < -0.39 is 12.1 Å². The van der Waals surface area contributed by atoms with Crippen molar-refractivity contribution in [3.05, 3.63) is 33.4 Å². The summed E-state index contributed by atoms with van der Waals surface area (Å²) in [6.07, 6.45) is -1.18. The molecule has 70 valence electrons. The van der Waals surface area contributed by atoms with Gasteiger partial charge in [-0.3, -0.25) is 0 Å². The van der Waals surface area contributed by atoms with Crippen LogP contribution in [0.1, 0.15) is 11.7 Å². The maximum atomic E-state index is 11.0. The van der Waals surface area contributed by atoms with E-state index >= 15 is 0 Å². The SMILES string of the molecule is COC(=O)C(O)c1ccccc1I. The van der Waals surface area contributed by atoms with Crippen molar-refractivity contribution in [2.75, 3.05) is 7.11 Å². The monoisotopic (exact) mass is 292 g/mol. The lowest BCUT2D eigenvalue weighted by molar-refractivity contribution is -0.150. The van der Waals surface area contributed by atoms with E-state index in [0.29, 0.717) is 5.56 Å². The van der Waals surface area contributed by atoms with Crippen LogP contribution < -0.4 is 0 Å². The fourth-order valence-corrected chi connectivity index (χ4v) is 1.62. The summed E-state index contributed by atoms with van der Waals surface area (Å²) in [7, 11) is 1.25. The molecule has 1 aromatic rings. The number of esters is 1. The molecule has 0 heterocycles. The smallest absolute Gasteiger partial charge is 0.339 e. The van der Waals surface area contributed by atoms with Gasteiger partial charge in [-0.15, -0.1) is 0 Å². The molecule has 0 radical (unpaired) electrons. The van der Waals surface area contributed by atoms with Gasteiger partial charge in [0.2, 0.25) is 0 Å². The van der Waals surface area contributed by atoms with E-state index in [4.69, 9.17) is 0 Å². The third-order valence-electron chi connectivity index (χ3n) is 1.62. The predicted molar refractivity (Wildman–Crippen MR) is 56.1 cm³/mol. The number of carbonyl (C=O) groups excluding carboxylic acids is 1. The molecule has 0 fully saturated rings. The largest absolute Gasteiger partial charge is 0.467 e. The van der Waals surface area contributed by atoms with Gasteiger partial charge in [0.15, 0.2) is 6.10 Å². The van der Waals surface area contributed by atoms with Crippen molar-refractivity contribution in [2.24, 2.45) is 0 Å². The number of benzene rings is 1. The molecule has 0 aliphatic heterocycles. The minimum Gasteiger partial charge on any atom is -0.467 e. The average Bonchev–Trinajstić information content (AvgIpc) is 2.16. The molecule has 0 spiro atoms. The predicted octanol–water partition coefficient (Wildman–Crippen LogP) is 1.50. The van der Waals surface area contributed by atoms with Crippen LogP contribution in [0.15, 0.2) is 24.3 Å². The third-order valence-corrected chi connectivity index (χ3v) is 2.61. The number of ether oxygens (including phenoxy) is 1. The van der Waals surface area contributed by atoms with Gasteiger partial charge in [-0.05, 0) is 28.7 Å². The summed E-state index contributed by atoms with van der Waals surface area (Å²) in [6.45, 7) is 0. The van der Waals surface area contributed by atoms with Crippen molar-refractivity contribution >= 4 is 28.6 Å². The minimum absolute atomic E-state index is 0.579. The lowest BCUT2D eigenvalue weighted by atomic mass is 10.1. The molecule has 1 atom stereocenters. The van der Waals surface area contributed by atoms with Crippen molar-refractivity contribution in [3.63, 3.8) is 0 Å². The lowest BCUT2D eigenvalue weighted by Gasteiger charge is -2.09. The maximum Gasteiger partial charge on any atom is 0.339 e. The van der Waals surface area contributed by atoms with E-state index in [2.05, 4.69) is 27.3 Å². The van der Waals surface area contributed by atoms with E-state index in [1.807, 2.05) is 12.1 Å². The van der Waals surface area contributed by atoms with Crippen LogP contribution >= 0.6 is 22.6 Å². The Bertz CT molecular complexity index is 311. The Kier molecular flexibility index (Phi) is 3.68. The second kappa shape index (κ2) is 4.57. The molecule has 0 saturated heterocycles. The molecule has 13 heavy (non-hydrogen) atoms. The average molecular weight is 292 g/mol. The summed E-state index contributed by atoms with van der Waals surface area (Å²) in [5, 5.41) is 9.49. The van der Waals surface area contributed by atoms with Gasteiger partial charge in [0.05, 0.1) is 7.11 Å². The number of halogens is 1. The van der Waals surface area contributed by atoms with Gasteiger partial charge in [-0.25, -0.2) is 4.79 Å². The molecule has 0 amide bonds. The summed E-state index contributed by atoms with van der Waals surface area (Å²) < 4.78 is 5.27. The molecule has 1 aromatic carbocycles. The highest BCUT2D eigenvalue weighted by Crippen LogP contribution is 2.20. The number of hydrogen-bond acceptors (Lipinski definition) is 3. The van der Waals surface area contributed by atoms with Crippen molar-refractivity contribution in [3.8, 4) is 0 Å². The van der Waals surface area contributed by atoms with Crippen LogP contribution in [-0.4, -0.2) is 18.2 Å². The zero-order valence-electron chi connectivity index (χ0n) is 7.03. The molecule has 1 N–H and O–H groups in total. The molecule has 0 aliphatic rings. The Labute approximate surface area is 89.9 Å². The van der Waals surface area contributed by atoms with Gasteiger partial charge < -0.3 is 9.84 Å². The van der Waals surface area contributed by atoms with Crippen molar-refractivity contribution in [2.45, 2.75) is 6.10 Å². The minimum atomic E-state index is -1.18. The molecule has 0 saturated carbocycles. The highest BCUT2D eigenvalue weighted by Gasteiger charge is 2.19. The number of aliphatic hydroxyl groups is 1. The molecule has 0 aromatic heterocycles. The van der Waals surface area contributed by atoms with Gasteiger partial charge in [0.1, 0.15) is 0 Å². The lowest BCUT2D eigenvalue weighted by Crippen LogP contribution is -2.14. The fraction of sp³-hybridized carbons (Fsp3) is 0.222. The highest BCUT2D eigenvalue weighted by molar-refractivity contribution is 14.1. The van der Waals surface area contributed by atoms with Gasteiger partial charge in [-0.2, -0.15) is 0 Å². The van der Waals surface area contributed by atoms with Crippen LogP contribution in [0.25, 0.3) is 0 Å². The summed E-state index contributed by atoms with van der Waals surface area (Å²) in [6, 6.07) is 7.13. The van der Waals surface area contributed by atoms with Crippen LogP contribution in [0, 0.1) is 3.57 Å². The first kappa shape index (κ1) is 10.5. The first-order valence-electron chi connectivity index (χ1n) is 3.67. The summed E-state index contributed by atoms with van der Waals surface area (Å²) >= 11 is 2.06. The van der Waals surface area contributed by atoms with Gasteiger partial charge in [-0.1, -0.05) is 18.2 Å². The topological polar surface area (TPSA) is 46.5 Å². The summed E-state index contributed by atoms with van der Waals surface area (Å²) in [5.41, 5.74) is 0.579. The van der Waals surface area contributed by atoms with E-state index in [9.17, 15) is 9.90 Å². The molecular formula is C9H9IO3. The third kappa shape index (κ3) is 2.41. The number of aliphatic hydroxyl groups excluding tert-OH is 1. The van der Waals surface area contributed by atoms with Crippen molar-refractivity contribution in [1.29, 1.82) is 0 Å². The number of carbonyl (C=O) groups is 1. The molecular weight excluding hydrogens is 283 g/mol. The highest BCUT2D eigenvalue weighted by atomic mass is 127. The fourth-order valence-electron chi connectivity index (χ4n) is 0.935. The van der Waals surface area contributed by atoms with Crippen LogP contribution in [0.4, 0.5) is 0 Å². The van der Waals surface area contributed by atoms with Crippen LogP contribution in [0.3, 0.4) is 0 Å². The van der Waals surface area contributed by atoms with E-state index in [1.165, 1.54) is 7.11 Å². The number of methoxy groups -OCH3 is 1. The molecule has 3 nitrogen and oxygen atoms in total. The number of hydrogen-bond donors (Lipinski definition) is 1. The maximum absolute atomic E-state index is 11.0. The van der Waals surface area contributed by atoms with Crippen LogP contribution in [-0.2, 0) is 9.53 Å². The molecule has 0 bridgehead atoms. The Morgan fingerprint density at radius 2 is 2.15 bits per heavy atom. The van der Waals surface area contributed by atoms with Crippen LogP contribution in [0.5, 0.6) is 0 Å². The first-order valence-corrected chi connectivity index (χ1v) is 4.75. The molecule has 0 aliphatic carbocycles. The second-order valence-corrected chi connectivity index (χ2v) is 3.61. The Morgan fingerprint density at radius 1 is 1.54 bits per heavy atom. The number of rotatable bonds is 2. The molecule has 1 rings (SSSR count). The van der Waals surface area contributed by atoms with E-state index in [0.717, 1.165) is 3.57 Å². The van der Waals surface area contributed by atoms with E-state index in [-0.39, 0.29) is 0 Å². The Hall–Kier alpha value is -0.620. The molecule has 4 heteroatoms. The zero-order chi connectivity index (χ0) is 9.84. The van der Waals surface area contributed by atoms with Gasteiger partial charge in [0.25, 0.3) is 0 Å². The Balaban J connectivity index is 2.95. The quantitative estimate of drug-likeness (QED) is 0.663. The summed E-state index contributed by atoms with van der Waals surface area (Å²) in [4.78, 5) is 11.0. The van der Waals surface area contributed by atoms with Gasteiger partial charge in [0, 0.05) is 9.13 Å². The second-order valence-electron chi connectivity index (χ2n) is 2.45. The van der Waals surface area contributed by atoms with Gasteiger partial charge >= 0.3 is 5.97 Å². The van der Waals surface area contributed by atoms with Crippen molar-refractivity contribution < 1.29 is 14.6 Å². The molecule has 1 unspecified atom stereocenters. The first-order chi connectivity index (χ1) is 6.16. The zero-order valence-corrected chi connectivity index (χ0v) is 9.19. The van der Waals surface area contributed by atoms with Crippen LogP contribution in [0.2, 0.25) is 0 Å². The summed E-state index contributed by atoms with van der Waals surface area (Å²) in [5.74, 6) is -0.635. The van der Waals surface area contributed by atoms with E-state index in [1.54, 1.807) is 12.1 Å².